The summed E-state index contributed by atoms with van der Waals surface area (Å²) in [5.41, 5.74) is 0.0357. The molecule has 2 nitrogen and oxygen atoms in total. The number of hydrogen-bond donors (Lipinski definition) is 1. The van der Waals surface area contributed by atoms with Gasteiger partial charge in [-0.1, -0.05) is 12.1 Å². The van der Waals surface area contributed by atoms with Crippen molar-refractivity contribution < 1.29 is 17.4 Å². The first-order chi connectivity index (χ1) is 8.94. The highest BCUT2D eigenvalue weighted by atomic mass is 32.2. The molecule has 20 heavy (non-hydrogen) atoms. The smallest absolute Gasteiger partial charge is 0.242 e. The Bertz CT molecular complexity index is 506. The maximum Gasteiger partial charge on any atom is 0.416 e. The van der Waals surface area contributed by atoms with E-state index in [9.17, 15) is 17.4 Å². The zero-order valence-corrected chi connectivity index (χ0v) is 13.1. The van der Waals surface area contributed by atoms with Crippen LogP contribution < -0.4 is 4.72 Å². The van der Waals surface area contributed by atoms with Crippen LogP contribution in [-0.4, -0.2) is 8.96 Å². The number of alkyl halides is 3. The Labute approximate surface area is 120 Å². The first-order valence-electron chi connectivity index (χ1n) is 6.29. The van der Waals surface area contributed by atoms with Crippen LogP contribution in [0.4, 0.5) is 13.2 Å². The van der Waals surface area contributed by atoms with Gasteiger partial charge in [0.25, 0.3) is 0 Å². The lowest BCUT2D eigenvalue weighted by molar-refractivity contribution is -0.138. The lowest BCUT2D eigenvalue weighted by atomic mass is 9.98. The van der Waals surface area contributed by atoms with Crippen molar-refractivity contribution in [1.29, 1.82) is 0 Å². The standard InChI is InChI=1S/C14H20F3NOS/c1-9-11(7-6-8-12(9)14(15,16)17)10(2)18-20(19)13(3,4)5/h6-8,10,18H,1-5H3/t10?,20-/m1/s1. The van der Waals surface area contributed by atoms with Crippen molar-refractivity contribution in [3.8, 4) is 0 Å². The molecule has 0 aliphatic heterocycles. The van der Waals surface area contributed by atoms with E-state index in [1.165, 1.54) is 13.0 Å². The Hall–Kier alpha value is -0.880. The fourth-order valence-corrected chi connectivity index (χ4v) is 2.63. The third-order valence-corrected chi connectivity index (χ3v) is 4.67. The summed E-state index contributed by atoms with van der Waals surface area (Å²) >= 11 is 0. The largest absolute Gasteiger partial charge is 0.416 e. The maximum absolute atomic E-state index is 12.9. The van der Waals surface area contributed by atoms with Crippen LogP contribution in [0.3, 0.4) is 0 Å². The fraction of sp³-hybridized carbons (Fsp3) is 0.571. The van der Waals surface area contributed by atoms with Gasteiger partial charge in [0.2, 0.25) is 0 Å². The Morgan fingerprint density at radius 3 is 2.20 bits per heavy atom. The summed E-state index contributed by atoms with van der Waals surface area (Å²) in [4.78, 5) is 0. The maximum atomic E-state index is 12.9. The summed E-state index contributed by atoms with van der Waals surface area (Å²) in [7, 11) is -1.34. The molecule has 0 fully saturated rings. The molecule has 0 spiro atoms. The van der Waals surface area contributed by atoms with Crippen LogP contribution in [0.25, 0.3) is 0 Å². The second kappa shape index (κ2) is 5.85. The van der Waals surface area contributed by atoms with E-state index in [-0.39, 0.29) is 5.56 Å². The Kier molecular flexibility index (Phi) is 5.03. The van der Waals surface area contributed by atoms with Crippen molar-refractivity contribution in [1.82, 2.24) is 4.72 Å². The molecule has 0 saturated carbocycles. The minimum atomic E-state index is -4.37. The fourth-order valence-electron chi connectivity index (χ4n) is 1.83. The third kappa shape index (κ3) is 4.06. The molecule has 0 saturated heterocycles. The molecule has 6 heteroatoms. The Morgan fingerprint density at radius 2 is 1.75 bits per heavy atom. The molecule has 0 aliphatic carbocycles. The number of rotatable bonds is 3. The number of nitrogens with one attached hydrogen (secondary N) is 1. The molecule has 0 aliphatic rings. The average Bonchev–Trinajstić information content (AvgIpc) is 2.26. The van der Waals surface area contributed by atoms with Crippen LogP contribution in [0.2, 0.25) is 0 Å². The third-order valence-electron chi connectivity index (χ3n) is 2.99. The van der Waals surface area contributed by atoms with Crippen molar-refractivity contribution in [2.24, 2.45) is 0 Å². The SMILES string of the molecule is Cc1c(C(C)N[S@](=O)C(C)(C)C)cccc1C(F)(F)F. The molecule has 1 aromatic carbocycles. The van der Waals surface area contributed by atoms with Gasteiger partial charge >= 0.3 is 6.18 Å². The second-order valence-corrected chi connectivity index (χ2v) is 7.74. The molecule has 0 heterocycles. The number of halogens is 3. The summed E-state index contributed by atoms with van der Waals surface area (Å²) in [6.07, 6.45) is -4.37. The highest BCUT2D eigenvalue weighted by Gasteiger charge is 2.33. The monoisotopic (exact) mass is 307 g/mol. The molecule has 2 atom stereocenters. The molecule has 1 aromatic rings. The van der Waals surface area contributed by atoms with Gasteiger partial charge in [0.15, 0.2) is 0 Å². The van der Waals surface area contributed by atoms with Gasteiger partial charge in [-0.3, -0.25) is 0 Å². The van der Waals surface area contributed by atoms with Gasteiger partial charge < -0.3 is 0 Å². The minimum absolute atomic E-state index is 0.172. The van der Waals surface area contributed by atoms with E-state index in [0.29, 0.717) is 5.56 Å². The molecule has 114 valence electrons. The molecular formula is C14H20F3NOS. The van der Waals surface area contributed by atoms with E-state index in [0.717, 1.165) is 6.07 Å². The number of hydrogen-bond acceptors (Lipinski definition) is 1. The topological polar surface area (TPSA) is 29.1 Å². The second-order valence-electron chi connectivity index (χ2n) is 5.74. The van der Waals surface area contributed by atoms with Gasteiger partial charge in [0.05, 0.1) is 21.3 Å². The Morgan fingerprint density at radius 1 is 1.20 bits per heavy atom. The van der Waals surface area contributed by atoms with E-state index >= 15 is 0 Å². The normalized spacial score (nSPS) is 16.0. The van der Waals surface area contributed by atoms with Crippen LogP contribution in [0.1, 0.15) is 50.4 Å². The summed E-state index contributed by atoms with van der Waals surface area (Å²) in [5, 5.41) is 0. The van der Waals surface area contributed by atoms with Crippen molar-refractivity contribution in [3.63, 3.8) is 0 Å². The zero-order valence-electron chi connectivity index (χ0n) is 12.3. The van der Waals surface area contributed by atoms with E-state index in [1.54, 1.807) is 13.0 Å². The summed E-state index contributed by atoms with van der Waals surface area (Å²) in [6, 6.07) is 3.65. The summed E-state index contributed by atoms with van der Waals surface area (Å²) in [5.74, 6) is 0. The van der Waals surface area contributed by atoms with Crippen LogP contribution >= 0.6 is 0 Å². The molecule has 1 rings (SSSR count). The molecule has 0 amide bonds. The highest BCUT2D eigenvalue weighted by molar-refractivity contribution is 7.84. The van der Waals surface area contributed by atoms with Crippen LogP contribution in [0.5, 0.6) is 0 Å². The molecule has 0 radical (unpaired) electrons. The predicted octanol–water partition coefficient (Wildman–Crippen LogP) is 4.13. The highest BCUT2D eigenvalue weighted by Crippen LogP contribution is 2.34. The van der Waals surface area contributed by atoms with E-state index < -0.39 is 33.5 Å². The lowest BCUT2D eigenvalue weighted by Gasteiger charge is -2.24. The zero-order chi connectivity index (χ0) is 15.7. The van der Waals surface area contributed by atoms with Crippen molar-refractivity contribution in [2.75, 3.05) is 0 Å². The van der Waals surface area contributed by atoms with Gasteiger partial charge in [-0.25, -0.2) is 8.93 Å². The van der Waals surface area contributed by atoms with Gasteiger partial charge in [0, 0.05) is 6.04 Å². The first kappa shape index (κ1) is 17.2. The van der Waals surface area contributed by atoms with Crippen LogP contribution in [0, 0.1) is 6.92 Å². The Balaban J connectivity index is 3.07. The average molecular weight is 307 g/mol. The molecule has 1 unspecified atom stereocenters. The lowest BCUT2D eigenvalue weighted by Crippen LogP contribution is -2.35. The molecule has 0 bridgehead atoms. The van der Waals surface area contributed by atoms with Crippen molar-refractivity contribution in [3.05, 3.63) is 34.9 Å². The quantitative estimate of drug-likeness (QED) is 0.894. The predicted molar refractivity (Wildman–Crippen MR) is 75.6 cm³/mol. The summed E-state index contributed by atoms with van der Waals surface area (Å²) < 4.78 is 53.0. The van der Waals surface area contributed by atoms with Crippen LogP contribution in [-0.2, 0) is 17.2 Å². The van der Waals surface area contributed by atoms with E-state index in [1.807, 2.05) is 20.8 Å². The molecular weight excluding hydrogens is 287 g/mol. The van der Waals surface area contributed by atoms with E-state index in [4.69, 9.17) is 0 Å². The van der Waals surface area contributed by atoms with Gasteiger partial charge in [-0.05, 0) is 51.8 Å². The van der Waals surface area contributed by atoms with Crippen molar-refractivity contribution in [2.45, 2.75) is 51.6 Å². The van der Waals surface area contributed by atoms with Gasteiger partial charge in [0.1, 0.15) is 0 Å². The van der Waals surface area contributed by atoms with Gasteiger partial charge in [-0.15, -0.1) is 0 Å². The molecule has 1 N–H and O–H groups in total. The summed E-state index contributed by atoms with van der Waals surface area (Å²) in [6.45, 7) is 8.58. The van der Waals surface area contributed by atoms with Crippen molar-refractivity contribution >= 4 is 11.0 Å². The molecule has 0 aromatic heterocycles. The minimum Gasteiger partial charge on any atom is -0.242 e. The van der Waals surface area contributed by atoms with Crippen LogP contribution in [0.15, 0.2) is 18.2 Å². The van der Waals surface area contributed by atoms with E-state index in [2.05, 4.69) is 4.72 Å². The number of benzene rings is 1. The first-order valence-corrected chi connectivity index (χ1v) is 7.44. The van der Waals surface area contributed by atoms with Gasteiger partial charge in [-0.2, -0.15) is 13.2 Å².